The van der Waals surface area contributed by atoms with E-state index in [1.54, 1.807) is 9.80 Å². The van der Waals surface area contributed by atoms with Gasteiger partial charge in [0.1, 0.15) is 18.2 Å². The number of benzene rings is 1. The van der Waals surface area contributed by atoms with E-state index in [1.807, 2.05) is 44.2 Å². The lowest BCUT2D eigenvalue weighted by Crippen LogP contribution is -2.74. The number of aliphatic hydroxyl groups is 1. The number of rotatable bonds is 10. The van der Waals surface area contributed by atoms with Gasteiger partial charge in [0.25, 0.3) is 0 Å². The number of piperidine rings is 2. The highest BCUT2D eigenvalue weighted by Crippen LogP contribution is 2.35. The number of unbranched alkanes of at least 4 members (excludes halogenated alkanes) is 1. The molecule has 2 aromatic rings. The highest BCUT2D eigenvalue weighted by molar-refractivity contribution is 6.00. The summed E-state index contributed by atoms with van der Waals surface area (Å²) in [6.07, 6.45) is 3.31. The maximum absolute atomic E-state index is 13.7. The van der Waals surface area contributed by atoms with E-state index in [4.69, 9.17) is 9.84 Å². The van der Waals surface area contributed by atoms with Gasteiger partial charge in [-0.05, 0) is 57.4 Å². The van der Waals surface area contributed by atoms with Crippen LogP contribution in [0.1, 0.15) is 87.9 Å². The Kier molecular flexibility index (Phi) is 14.2. The molecule has 0 unspecified atom stereocenters. The molecule has 0 bridgehead atoms. The van der Waals surface area contributed by atoms with Gasteiger partial charge < -0.3 is 25.0 Å². The number of aryl methyl sites for hydroxylation is 1. The molecule has 3 aliphatic rings. The number of nitrogens with zero attached hydrogens (tertiary/aromatic N) is 5. The van der Waals surface area contributed by atoms with Gasteiger partial charge in [0.05, 0.1) is 17.8 Å². The van der Waals surface area contributed by atoms with Crippen molar-refractivity contribution in [2.45, 2.75) is 110 Å². The predicted octanol–water partition coefficient (Wildman–Crippen LogP) is 4.80. The van der Waals surface area contributed by atoms with Crippen LogP contribution in [0.25, 0.3) is 0 Å². The molecule has 0 saturated carbocycles. The van der Waals surface area contributed by atoms with Gasteiger partial charge in [0.2, 0.25) is 11.8 Å². The standard InChI is InChI=1S/C35H52N6O5.2ClH/c1-6-7-17-40-32(43)30(31(42)24(2)3)36-33(44)35(40)15-20-38(21-16-35)22-29-25(4)37-41(26(29)5)28-13-18-39(19-14-28)34(45)46-23-27-11-9-8-10-12-27;;/h8-12,24,28,30-31,42H,6-7,13-23H2,1-5H3,(H,36,44);2*1H/t30-,31-;;/m1../s1. The molecule has 4 heterocycles. The molecule has 0 aliphatic carbocycles. The molecule has 3 saturated heterocycles. The monoisotopic (exact) mass is 708 g/mol. The summed E-state index contributed by atoms with van der Waals surface area (Å²) in [4.78, 5) is 45.9. The summed E-state index contributed by atoms with van der Waals surface area (Å²) in [5.74, 6) is -0.436. The number of aliphatic hydroxyl groups excluding tert-OH is 1. The number of carbonyl (C=O) groups excluding carboxylic acids is 3. The molecule has 3 aliphatic heterocycles. The number of halogens is 2. The topological polar surface area (TPSA) is 120 Å². The Labute approximate surface area is 297 Å². The number of likely N-dealkylation sites (tertiary alicyclic amines) is 2. The molecule has 0 radical (unpaired) electrons. The zero-order valence-electron chi connectivity index (χ0n) is 29.0. The molecule has 3 amide bonds. The Morgan fingerprint density at radius 2 is 1.71 bits per heavy atom. The molecule has 1 spiro atoms. The maximum Gasteiger partial charge on any atom is 0.410 e. The van der Waals surface area contributed by atoms with Gasteiger partial charge in [0.15, 0.2) is 0 Å². The first kappa shape index (κ1) is 39.6. The Bertz CT molecular complexity index is 1370. The highest BCUT2D eigenvalue weighted by atomic mass is 35.5. The SMILES string of the molecule is CCCCN1C(=O)[C@@H]([C@H](O)C(C)C)NC(=O)C12CCN(Cc1c(C)nn(C3CCN(C(=O)OCc4ccccc4)CC3)c1C)CC2.Cl.Cl. The number of aromatic nitrogens is 2. The average molecular weight is 710 g/mol. The van der Waals surface area contributed by atoms with Crippen molar-refractivity contribution in [2.24, 2.45) is 5.92 Å². The van der Waals surface area contributed by atoms with Crippen LogP contribution in [0.4, 0.5) is 4.79 Å². The third kappa shape index (κ3) is 8.29. The molecule has 2 N–H and O–H groups in total. The molecule has 1 aromatic heterocycles. The molecule has 11 nitrogen and oxygen atoms in total. The third-order valence-corrected chi connectivity index (χ3v) is 10.3. The maximum atomic E-state index is 13.7. The first-order valence-electron chi connectivity index (χ1n) is 17.1. The van der Waals surface area contributed by atoms with Crippen molar-refractivity contribution in [3.05, 3.63) is 52.8 Å². The third-order valence-electron chi connectivity index (χ3n) is 10.3. The van der Waals surface area contributed by atoms with Gasteiger partial charge in [0, 0.05) is 50.5 Å². The lowest BCUT2D eigenvalue weighted by atomic mass is 9.80. The van der Waals surface area contributed by atoms with E-state index in [9.17, 15) is 19.5 Å². The minimum atomic E-state index is -0.916. The fourth-order valence-electron chi connectivity index (χ4n) is 7.28. The van der Waals surface area contributed by atoms with Gasteiger partial charge in [-0.3, -0.25) is 19.2 Å². The summed E-state index contributed by atoms with van der Waals surface area (Å²) >= 11 is 0. The molecule has 2 atom stereocenters. The quantitative estimate of drug-likeness (QED) is 0.364. The van der Waals surface area contributed by atoms with Crippen molar-refractivity contribution in [2.75, 3.05) is 32.7 Å². The summed E-state index contributed by atoms with van der Waals surface area (Å²) in [6.45, 7) is 14.2. The second-order valence-corrected chi connectivity index (χ2v) is 13.7. The lowest BCUT2D eigenvalue weighted by Gasteiger charge is -2.52. The summed E-state index contributed by atoms with van der Waals surface area (Å²) in [6, 6.07) is 9.05. The highest BCUT2D eigenvalue weighted by Gasteiger charge is 2.54. The van der Waals surface area contributed by atoms with Gasteiger partial charge in [-0.1, -0.05) is 57.5 Å². The summed E-state index contributed by atoms with van der Waals surface area (Å²) in [5, 5.41) is 18.6. The smallest absolute Gasteiger partial charge is 0.410 e. The zero-order valence-corrected chi connectivity index (χ0v) is 30.7. The first-order chi connectivity index (χ1) is 22.1. The molecule has 13 heteroatoms. The number of nitrogens with one attached hydrogen (secondary N) is 1. The van der Waals surface area contributed by atoms with Crippen LogP contribution < -0.4 is 5.32 Å². The molecule has 268 valence electrons. The van der Waals surface area contributed by atoms with Gasteiger partial charge >= 0.3 is 6.09 Å². The van der Waals surface area contributed by atoms with Gasteiger partial charge in [-0.15, -0.1) is 24.8 Å². The molecule has 3 fully saturated rings. The van der Waals surface area contributed by atoms with Crippen LogP contribution in [0.15, 0.2) is 30.3 Å². The normalized spacial score (nSPS) is 20.7. The Hall–Kier alpha value is -2.86. The van der Waals surface area contributed by atoms with Crippen molar-refractivity contribution in [1.82, 2.24) is 29.8 Å². The number of piperazine rings is 1. The van der Waals surface area contributed by atoms with Crippen molar-refractivity contribution < 1.29 is 24.2 Å². The van der Waals surface area contributed by atoms with Crippen LogP contribution in [0.5, 0.6) is 0 Å². The van der Waals surface area contributed by atoms with Gasteiger partial charge in [-0.25, -0.2) is 4.79 Å². The second-order valence-electron chi connectivity index (χ2n) is 13.7. The van der Waals surface area contributed by atoms with E-state index in [2.05, 4.69) is 35.7 Å². The van der Waals surface area contributed by atoms with Gasteiger partial charge in [-0.2, -0.15) is 5.10 Å². The van der Waals surface area contributed by atoms with Crippen LogP contribution >= 0.6 is 24.8 Å². The van der Waals surface area contributed by atoms with E-state index in [0.717, 1.165) is 49.2 Å². The van der Waals surface area contributed by atoms with Crippen LogP contribution in [-0.4, -0.2) is 97.9 Å². The minimum absolute atomic E-state index is 0. The molecule has 48 heavy (non-hydrogen) atoms. The molecular formula is C35H54Cl2N6O5. The van der Waals surface area contributed by atoms with E-state index in [1.165, 1.54) is 5.56 Å². The van der Waals surface area contributed by atoms with E-state index < -0.39 is 17.7 Å². The number of carbonyl (C=O) groups is 3. The number of amides is 3. The van der Waals surface area contributed by atoms with E-state index >= 15 is 0 Å². The summed E-state index contributed by atoms with van der Waals surface area (Å²) < 4.78 is 7.69. The Balaban J connectivity index is 0.00000312. The zero-order chi connectivity index (χ0) is 33.0. The minimum Gasteiger partial charge on any atom is -0.445 e. The van der Waals surface area contributed by atoms with Crippen LogP contribution in [0.2, 0.25) is 0 Å². The predicted molar refractivity (Wildman–Crippen MR) is 189 cm³/mol. The average Bonchev–Trinajstić information content (AvgIpc) is 3.34. The molecule has 1 aromatic carbocycles. The van der Waals surface area contributed by atoms with Crippen LogP contribution in [0, 0.1) is 19.8 Å². The number of ether oxygens (including phenoxy) is 1. The van der Waals surface area contributed by atoms with Crippen molar-refractivity contribution in [3.8, 4) is 0 Å². The summed E-state index contributed by atoms with van der Waals surface area (Å²) in [7, 11) is 0. The van der Waals surface area contributed by atoms with Crippen molar-refractivity contribution in [3.63, 3.8) is 0 Å². The summed E-state index contributed by atoms with van der Waals surface area (Å²) in [5.41, 5.74) is 3.45. The van der Waals surface area contributed by atoms with Crippen LogP contribution in [0.3, 0.4) is 0 Å². The fraction of sp³-hybridized carbons (Fsp3) is 0.657. The fourth-order valence-corrected chi connectivity index (χ4v) is 7.28. The van der Waals surface area contributed by atoms with E-state index in [0.29, 0.717) is 45.6 Å². The Morgan fingerprint density at radius 3 is 2.31 bits per heavy atom. The molecule has 5 rings (SSSR count). The number of hydrogen-bond donors (Lipinski definition) is 2. The largest absolute Gasteiger partial charge is 0.445 e. The van der Waals surface area contributed by atoms with Crippen LogP contribution in [-0.2, 0) is 27.5 Å². The van der Waals surface area contributed by atoms with E-state index in [-0.39, 0.29) is 61.3 Å². The molecular weight excluding hydrogens is 655 g/mol. The second kappa shape index (κ2) is 17.2. The lowest BCUT2D eigenvalue weighted by molar-refractivity contribution is -0.165. The Morgan fingerprint density at radius 1 is 1.06 bits per heavy atom. The number of hydrogen-bond acceptors (Lipinski definition) is 7. The van der Waals surface area contributed by atoms with Crippen molar-refractivity contribution in [1.29, 1.82) is 0 Å². The first-order valence-corrected chi connectivity index (χ1v) is 17.1. The van der Waals surface area contributed by atoms with Crippen molar-refractivity contribution >= 4 is 42.7 Å².